The van der Waals surface area contributed by atoms with Gasteiger partial charge in [0.25, 0.3) is 0 Å². The van der Waals surface area contributed by atoms with E-state index >= 15 is 0 Å². The smallest absolute Gasteiger partial charge is 1.00 e. The number of rotatable bonds is 2. The molecule has 2 nitrogen and oxygen atoms in total. The third-order valence-corrected chi connectivity index (χ3v) is 0.464. The summed E-state index contributed by atoms with van der Waals surface area (Å²) in [7, 11) is 0. The number of hydrogen-bond acceptors (Lipinski definition) is 2. The molecular weight excluding hydrogens is 119 g/mol. The zero-order chi connectivity index (χ0) is 4.99. The summed E-state index contributed by atoms with van der Waals surface area (Å²) < 4.78 is 0. The predicted molar refractivity (Wildman–Crippen MR) is 23.5 cm³/mol. The van der Waals surface area contributed by atoms with Crippen molar-refractivity contribution in [2.45, 2.75) is 13.3 Å². The van der Waals surface area contributed by atoms with Gasteiger partial charge >= 0.3 is 51.4 Å². The molecule has 7 heavy (non-hydrogen) atoms. The number of carbonyl (C=O) groups excluding carboxylic acids is 1. The second-order valence-electron chi connectivity index (χ2n) is 1.18. The van der Waals surface area contributed by atoms with Crippen molar-refractivity contribution in [1.29, 1.82) is 0 Å². The van der Waals surface area contributed by atoms with E-state index in [0.29, 0.717) is 6.42 Å². The molecule has 0 unspecified atom stereocenters. The van der Waals surface area contributed by atoms with Crippen LogP contribution >= 0.6 is 0 Å². The second-order valence-corrected chi connectivity index (χ2v) is 1.18. The summed E-state index contributed by atoms with van der Waals surface area (Å²) >= 11 is 0. The van der Waals surface area contributed by atoms with Crippen molar-refractivity contribution in [3.63, 3.8) is 0 Å². The largest absolute Gasteiger partial charge is 1.00 e. The summed E-state index contributed by atoms with van der Waals surface area (Å²) in [4.78, 5) is 9.88. The van der Waals surface area contributed by atoms with Gasteiger partial charge in [-0.05, 0) is 6.92 Å². The molecule has 0 aromatic rings. The van der Waals surface area contributed by atoms with Crippen molar-refractivity contribution in [3.05, 3.63) is 0 Å². The Morgan fingerprint density at radius 2 is 2.29 bits per heavy atom. The average Bonchev–Trinajstić information content (AvgIpc) is 1.35. The van der Waals surface area contributed by atoms with Gasteiger partial charge in [-0.1, -0.05) is 0 Å². The van der Waals surface area contributed by atoms with Gasteiger partial charge in [-0.15, -0.1) is 0 Å². The second kappa shape index (κ2) is 7.27. The van der Waals surface area contributed by atoms with Gasteiger partial charge < -0.3 is 6.53 Å². The van der Waals surface area contributed by atoms with Crippen molar-refractivity contribution in [2.75, 3.05) is 6.61 Å². The van der Waals surface area contributed by atoms with Crippen LogP contribution in [-0.4, -0.2) is 17.5 Å². The number of ketones is 1. The van der Waals surface area contributed by atoms with E-state index in [4.69, 9.17) is 5.11 Å². The molecule has 0 spiro atoms. The number of Topliss-reactive ketones (excluding diaryl/α,β-unsaturated/α-hetero) is 1. The van der Waals surface area contributed by atoms with E-state index in [-0.39, 0.29) is 65.2 Å². The summed E-state index contributed by atoms with van der Waals surface area (Å²) in [5, 5.41) is 8.02. The van der Waals surface area contributed by atoms with Crippen LogP contribution in [0.3, 0.4) is 0 Å². The molecule has 0 aromatic heterocycles. The normalized spacial score (nSPS) is 7.14. The van der Waals surface area contributed by atoms with Crippen LogP contribution in [0.5, 0.6) is 0 Å². The fraction of sp³-hybridized carbons (Fsp3) is 0.750. The van der Waals surface area contributed by atoms with Crippen LogP contribution in [0.25, 0.3) is 0 Å². The van der Waals surface area contributed by atoms with Gasteiger partial charge in [-0.3, -0.25) is 4.79 Å². The van der Waals surface area contributed by atoms with Crippen molar-refractivity contribution in [1.82, 2.24) is 0 Å². The van der Waals surface area contributed by atoms with Crippen LogP contribution in [0.2, 0.25) is 0 Å². The summed E-state index contributed by atoms with van der Waals surface area (Å²) in [5.41, 5.74) is 0. The van der Waals surface area contributed by atoms with E-state index in [1.165, 1.54) is 6.92 Å². The Bertz CT molecular complexity index is 58.0. The Kier molecular flexibility index (Phi) is 11.5. The Balaban J connectivity index is -0.000000125. The number of hydrogen-bond donors (Lipinski definition) is 1. The molecule has 0 saturated heterocycles. The first-order valence-electron chi connectivity index (χ1n) is 1.87. The zero-order valence-electron chi connectivity index (χ0n) is 5.77. The summed E-state index contributed by atoms with van der Waals surface area (Å²) in [6, 6.07) is 0. The first-order valence-corrected chi connectivity index (χ1v) is 1.87. The van der Waals surface area contributed by atoms with Gasteiger partial charge in [0.1, 0.15) is 5.78 Å². The number of aliphatic hydroxyl groups excluding tert-OH is 1. The Morgan fingerprint density at radius 1 is 1.86 bits per heavy atom. The van der Waals surface area contributed by atoms with Crippen LogP contribution in [0.4, 0.5) is 0 Å². The van der Waals surface area contributed by atoms with Crippen LogP contribution in [0, 0.1) is 0 Å². The van der Waals surface area contributed by atoms with Crippen molar-refractivity contribution in [2.24, 2.45) is 0 Å². The SMILES string of the molecule is CC(=O)CCO.[H-].[K+]. The Morgan fingerprint density at radius 3 is 2.29 bits per heavy atom. The Hall–Kier alpha value is 1.27. The summed E-state index contributed by atoms with van der Waals surface area (Å²) in [6.45, 7) is 1.44. The van der Waals surface area contributed by atoms with E-state index < -0.39 is 0 Å². The maximum Gasteiger partial charge on any atom is 1.00 e. The van der Waals surface area contributed by atoms with Crippen molar-refractivity contribution < 1.29 is 62.7 Å². The van der Waals surface area contributed by atoms with E-state index in [0.717, 1.165) is 0 Å². The third kappa shape index (κ3) is 11.1. The van der Waals surface area contributed by atoms with Crippen LogP contribution in [0.15, 0.2) is 0 Å². The van der Waals surface area contributed by atoms with E-state index in [9.17, 15) is 4.79 Å². The Labute approximate surface area is 87.2 Å². The van der Waals surface area contributed by atoms with Crippen LogP contribution in [-0.2, 0) is 4.79 Å². The third-order valence-electron chi connectivity index (χ3n) is 0.464. The minimum absolute atomic E-state index is 0. The number of carbonyl (C=O) groups is 1. The number of aliphatic hydroxyl groups is 1. The van der Waals surface area contributed by atoms with Crippen molar-refractivity contribution >= 4 is 5.78 Å². The average molecular weight is 128 g/mol. The van der Waals surface area contributed by atoms with Gasteiger partial charge in [0, 0.05) is 13.0 Å². The zero-order valence-corrected chi connectivity index (χ0v) is 7.89. The van der Waals surface area contributed by atoms with Gasteiger partial charge in [-0.25, -0.2) is 0 Å². The predicted octanol–water partition coefficient (Wildman–Crippen LogP) is -2.93. The van der Waals surface area contributed by atoms with E-state index in [1.807, 2.05) is 0 Å². The quantitative estimate of drug-likeness (QED) is 0.404. The van der Waals surface area contributed by atoms with Crippen molar-refractivity contribution in [3.8, 4) is 0 Å². The van der Waals surface area contributed by atoms with Gasteiger partial charge in [0.15, 0.2) is 0 Å². The molecule has 0 rings (SSSR count). The first kappa shape index (κ1) is 11.1. The molecular formula is C4H9KO2. The topological polar surface area (TPSA) is 37.3 Å². The molecule has 0 fully saturated rings. The van der Waals surface area contributed by atoms with E-state index in [2.05, 4.69) is 0 Å². The molecule has 0 atom stereocenters. The molecule has 0 radical (unpaired) electrons. The first-order chi connectivity index (χ1) is 2.77. The molecule has 1 N–H and O–H groups in total. The molecule has 0 aliphatic heterocycles. The molecule has 3 heteroatoms. The standard InChI is InChI=1S/C4H8O2.K.H/c1-4(6)2-3-5;;/h5H,2-3H2,1H3;;/q;+1;-1. The molecule has 0 bridgehead atoms. The molecule has 0 heterocycles. The molecule has 0 saturated carbocycles. The monoisotopic (exact) mass is 128 g/mol. The molecule has 0 aliphatic carbocycles. The summed E-state index contributed by atoms with van der Waals surface area (Å²) in [5.74, 6) is 0.0394. The molecule has 38 valence electrons. The molecule has 0 aromatic carbocycles. The van der Waals surface area contributed by atoms with Crippen LogP contribution in [0.1, 0.15) is 14.8 Å². The van der Waals surface area contributed by atoms with E-state index in [1.54, 1.807) is 0 Å². The van der Waals surface area contributed by atoms with Gasteiger partial charge in [-0.2, -0.15) is 0 Å². The van der Waals surface area contributed by atoms with Gasteiger partial charge in [0.05, 0.1) is 0 Å². The van der Waals surface area contributed by atoms with Gasteiger partial charge in [0.2, 0.25) is 0 Å². The minimum atomic E-state index is -0.0185. The molecule has 0 amide bonds. The fourth-order valence-corrected chi connectivity index (χ4v) is 0.157. The summed E-state index contributed by atoms with van der Waals surface area (Å²) in [6.07, 6.45) is 0.292. The van der Waals surface area contributed by atoms with Crippen LogP contribution < -0.4 is 51.4 Å². The fourth-order valence-electron chi connectivity index (χ4n) is 0.157. The molecule has 0 aliphatic rings. The maximum absolute atomic E-state index is 9.88. The maximum atomic E-state index is 9.88. The minimum Gasteiger partial charge on any atom is -1.00 e.